The summed E-state index contributed by atoms with van der Waals surface area (Å²) in [6, 6.07) is 0. The van der Waals surface area contributed by atoms with E-state index in [1.807, 2.05) is 14.1 Å². The van der Waals surface area contributed by atoms with Crippen LogP contribution in [0.3, 0.4) is 0 Å². The van der Waals surface area contributed by atoms with Crippen LogP contribution in [0.25, 0.3) is 0 Å². The first-order valence-electron chi connectivity index (χ1n) is 6.40. The third-order valence-corrected chi connectivity index (χ3v) is 3.27. The van der Waals surface area contributed by atoms with Crippen LogP contribution in [0, 0.1) is 5.92 Å². The Kier molecular flexibility index (Phi) is 6.23. The molecule has 0 aromatic rings. The molecule has 1 aliphatic heterocycles. The van der Waals surface area contributed by atoms with Gasteiger partial charge in [-0.1, -0.05) is 6.92 Å². The van der Waals surface area contributed by atoms with Gasteiger partial charge in [0, 0.05) is 20.6 Å². The molecule has 1 fully saturated rings. The van der Waals surface area contributed by atoms with E-state index in [2.05, 4.69) is 27.4 Å². The Morgan fingerprint density at radius 1 is 1.38 bits per heavy atom. The van der Waals surface area contributed by atoms with E-state index in [4.69, 9.17) is 0 Å². The summed E-state index contributed by atoms with van der Waals surface area (Å²) < 4.78 is 0. The smallest absolute Gasteiger partial charge is 0.190 e. The molecule has 0 aliphatic carbocycles. The van der Waals surface area contributed by atoms with Gasteiger partial charge in [0.25, 0.3) is 0 Å². The third kappa shape index (κ3) is 4.39. The maximum Gasteiger partial charge on any atom is 0.190 e. The fourth-order valence-corrected chi connectivity index (χ4v) is 2.25. The van der Waals surface area contributed by atoms with E-state index in [1.165, 1.54) is 38.9 Å². The van der Waals surface area contributed by atoms with E-state index in [1.54, 1.807) is 0 Å². The van der Waals surface area contributed by atoms with Crippen molar-refractivity contribution in [2.45, 2.75) is 26.2 Å². The van der Waals surface area contributed by atoms with Crippen molar-refractivity contribution in [1.29, 1.82) is 0 Å². The topological polar surface area (TPSA) is 39.7 Å². The summed E-state index contributed by atoms with van der Waals surface area (Å²) >= 11 is 0. The molecule has 4 heteroatoms. The highest BCUT2D eigenvalue weighted by Crippen LogP contribution is 2.16. The lowest BCUT2D eigenvalue weighted by Gasteiger charge is -2.31. The molecule has 0 radical (unpaired) electrons. The lowest BCUT2D eigenvalue weighted by molar-refractivity contribution is 0.185. The monoisotopic (exact) mass is 226 g/mol. The highest BCUT2D eigenvalue weighted by molar-refractivity contribution is 5.79. The molecule has 1 heterocycles. The van der Waals surface area contributed by atoms with E-state index >= 15 is 0 Å². The number of hydrogen-bond donors (Lipinski definition) is 2. The molecule has 0 aromatic heterocycles. The SMILES string of the molecule is CCCN1CCC(CNC(=NC)NC)CC1. The van der Waals surface area contributed by atoms with Gasteiger partial charge in [0.2, 0.25) is 0 Å². The van der Waals surface area contributed by atoms with Gasteiger partial charge in [0.15, 0.2) is 5.96 Å². The predicted octanol–water partition coefficient (Wildman–Crippen LogP) is 0.903. The molecule has 0 atom stereocenters. The van der Waals surface area contributed by atoms with E-state index in [0.29, 0.717) is 0 Å². The Hall–Kier alpha value is -0.770. The van der Waals surface area contributed by atoms with Gasteiger partial charge in [-0.25, -0.2) is 0 Å². The molecule has 1 aliphatic rings. The summed E-state index contributed by atoms with van der Waals surface area (Å²) in [6.45, 7) is 7.09. The normalized spacial score (nSPS) is 19.8. The fraction of sp³-hybridized carbons (Fsp3) is 0.917. The van der Waals surface area contributed by atoms with Crippen LogP contribution in [0.5, 0.6) is 0 Å². The lowest BCUT2D eigenvalue weighted by atomic mass is 9.97. The molecular weight excluding hydrogens is 200 g/mol. The Balaban J connectivity index is 2.17. The Morgan fingerprint density at radius 2 is 2.06 bits per heavy atom. The first-order chi connectivity index (χ1) is 7.80. The minimum atomic E-state index is 0.804. The van der Waals surface area contributed by atoms with Crippen molar-refractivity contribution in [1.82, 2.24) is 15.5 Å². The molecule has 1 rings (SSSR count). The average molecular weight is 226 g/mol. The van der Waals surface area contributed by atoms with Gasteiger partial charge >= 0.3 is 0 Å². The van der Waals surface area contributed by atoms with Crippen molar-refractivity contribution in [3.63, 3.8) is 0 Å². The third-order valence-electron chi connectivity index (χ3n) is 3.27. The van der Waals surface area contributed by atoms with Gasteiger partial charge in [-0.3, -0.25) is 4.99 Å². The fourth-order valence-electron chi connectivity index (χ4n) is 2.25. The quantitative estimate of drug-likeness (QED) is 0.553. The van der Waals surface area contributed by atoms with Gasteiger partial charge in [-0.2, -0.15) is 0 Å². The molecule has 0 aromatic carbocycles. The zero-order valence-corrected chi connectivity index (χ0v) is 10.9. The highest BCUT2D eigenvalue weighted by Gasteiger charge is 2.18. The number of nitrogens with zero attached hydrogens (tertiary/aromatic N) is 2. The minimum absolute atomic E-state index is 0.804. The van der Waals surface area contributed by atoms with Crippen molar-refractivity contribution < 1.29 is 0 Å². The number of guanidine groups is 1. The Bertz CT molecular complexity index is 207. The van der Waals surface area contributed by atoms with E-state index in [0.717, 1.165) is 18.4 Å². The van der Waals surface area contributed by atoms with Crippen molar-refractivity contribution in [3.05, 3.63) is 0 Å². The molecule has 0 spiro atoms. The largest absolute Gasteiger partial charge is 0.359 e. The van der Waals surface area contributed by atoms with E-state index in [-0.39, 0.29) is 0 Å². The van der Waals surface area contributed by atoms with Gasteiger partial charge in [-0.15, -0.1) is 0 Å². The predicted molar refractivity (Wildman–Crippen MR) is 69.9 cm³/mol. The second kappa shape index (κ2) is 7.49. The van der Waals surface area contributed by atoms with Crippen molar-refractivity contribution in [2.75, 3.05) is 40.3 Å². The number of hydrogen-bond acceptors (Lipinski definition) is 2. The summed E-state index contributed by atoms with van der Waals surface area (Å²) in [6.07, 6.45) is 3.90. The van der Waals surface area contributed by atoms with Crippen LogP contribution in [0.1, 0.15) is 26.2 Å². The highest BCUT2D eigenvalue weighted by atomic mass is 15.2. The number of aliphatic imine (C=N–C) groups is 1. The van der Waals surface area contributed by atoms with Crippen LogP contribution in [0.2, 0.25) is 0 Å². The number of likely N-dealkylation sites (tertiary alicyclic amines) is 1. The molecule has 94 valence electrons. The Morgan fingerprint density at radius 3 is 2.56 bits per heavy atom. The van der Waals surface area contributed by atoms with Gasteiger partial charge in [-0.05, 0) is 44.8 Å². The molecule has 4 nitrogen and oxygen atoms in total. The molecule has 1 saturated heterocycles. The van der Waals surface area contributed by atoms with Crippen molar-refractivity contribution in [3.8, 4) is 0 Å². The van der Waals surface area contributed by atoms with E-state index in [9.17, 15) is 0 Å². The van der Waals surface area contributed by atoms with Gasteiger partial charge in [0.1, 0.15) is 0 Å². The van der Waals surface area contributed by atoms with Crippen LogP contribution in [-0.4, -0.2) is 51.1 Å². The standard InChI is InChI=1S/C12H26N4/c1-4-7-16-8-5-11(6-9-16)10-15-12(13-2)14-3/h11H,4-10H2,1-3H3,(H2,13,14,15). The number of piperidine rings is 1. The summed E-state index contributed by atoms with van der Waals surface area (Å²) in [4.78, 5) is 6.69. The first kappa shape index (κ1) is 13.3. The second-order valence-electron chi connectivity index (χ2n) is 4.49. The van der Waals surface area contributed by atoms with E-state index < -0.39 is 0 Å². The molecule has 2 N–H and O–H groups in total. The molecular formula is C12H26N4. The summed E-state index contributed by atoms with van der Waals surface area (Å²) in [5.41, 5.74) is 0. The van der Waals surface area contributed by atoms with Gasteiger partial charge in [0.05, 0.1) is 0 Å². The zero-order valence-electron chi connectivity index (χ0n) is 10.9. The average Bonchev–Trinajstić information content (AvgIpc) is 2.33. The molecule has 0 saturated carbocycles. The Labute approximate surface area is 99.5 Å². The maximum absolute atomic E-state index is 4.12. The van der Waals surface area contributed by atoms with Crippen molar-refractivity contribution in [2.24, 2.45) is 10.9 Å². The minimum Gasteiger partial charge on any atom is -0.359 e. The van der Waals surface area contributed by atoms with Crippen LogP contribution < -0.4 is 10.6 Å². The summed E-state index contributed by atoms with van der Waals surface area (Å²) in [5.74, 6) is 1.70. The molecule has 0 bridgehead atoms. The van der Waals surface area contributed by atoms with Crippen LogP contribution in [0.15, 0.2) is 4.99 Å². The van der Waals surface area contributed by atoms with Gasteiger partial charge < -0.3 is 15.5 Å². The molecule has 16 heavy (non-hydrogen) atoms. The van der Waals surface area contributed by atoms with Crippen LogP contribution in [-0.2, 0) is 0 Å². The number of rotatable bonds is 4. The molecule has 0 amide bonds. The lowest BCUT2D eigenvalue weighted by Crippen LogP contribution is -2.41. The van der Waals surface area contributed by atoms with Crippen molar-refractivity contribution >= 4 is 5.96 Å². The second-order valence-corrected chi connectivity index (χ2v) is 4.49. The zero-order chi connectivity index (χ0) is 11.8. The first-order valence-corrected chi connectivity index (χ1v) is 6.40. The summed E-state index contributed by atoms with van der Waals surface area (Å²) in [5, 5.41) is 6.40. The number of nitrogens with one attached hydrogen (secondary N) is 2. The summed E-state index contributed by atoms with van der Waals surface area (Å²) in [7, 11) is 3.71. The maximum atomic E-state index is 4.12. The molecule has 0 unspecified atom stereocenters. The van der Waals surface area contributed by atoms with Crippen LogP contribution in [0.4, 0.5) is 0 Å². The van der Waals surface area contributed by atoms with Crippen LogP contribution >= 0.6 is 0 Å².